The molecule has 0 bridgehead atoms. The van der Waals surface area contributed by atoms with Gasteiger partial charge < -0.3 is 10.6 Å². The lowest BCUT2D eigenvalue weighted by Crippen LogP contribution is -2.29. The minimum Gasteiger partial charge on any atom is -0.399 e. The summed E-state index contributed by atoms with van der Waals surface area (Å²) in [7, 11) is 2.08. The quantitative estimate of drug-likeness (QED) is 0.793. The van der Waals surface area contributed by atoms with Crippen LogP contribution in [0, 0.1) is 11.7 Å². The number of hydrogen-bond donors (Lipinski definition) is 1. The first kappa shape index (κ1) is 11.4. The Morgan fingerprint density at radius 1 is 1.38 bits per heavy atom. The van der Waals surface area contributed by atoms with Crippen molar-refractivity contribution in [1.29, 1.82) is 0 Å². The van der Waals surface area contributed by atoms with Gasteiger partial charge in [-0.15, -0.1) is 0 Å². The lowest BCUT2D eigenvalue weighted by Gasteiger charge is -2.30. The molecule has 1 aromatic carbocycles. The van der Waals surface area contributed by atoms with Gasteiger partial charge in [-0.05, 0) is 49.6 Å². The van der Waals surface area contributed by atoms with Gasteiger partial charge in [-0.3, -0.25) is 0 Å². The highest BCUT2D eigenvalue weighted by Gasteiger charge is 2.18. The summed E-state index contributed by atoms with van der Waals surface area (Å²) >= 11 is 0. The topological polar surface area (TPSA) is 29.3 Å². The van der Waals surface area contributed by atoms with E-state index in [2.05, 4.69) is 11.9 Å². The second kappa shape index (κ2) is 4.83. The van der Waals surface area contributed by atoms with Crippen LogP contribution in [0.15, 0.2) is 18.2 Å². The van der Waals surface area contributed by atoms with E-state index in [4.69, 9.17) is 5.73 Å². The fraction of sp³-hybridized carbons (Fsp3) is 0.538. The van der Waals surface area contributed by atoms with Crippen molar-refractivity contribution in [3.8, 4) is 0 Å². The van der Waals surface area contributed by atoms with Gasteiger partial charge in [0.05, 0.1) is 0 Å². The van der Waals surface area contributed by atoms with Crippen molar-refractivity contribution in [1.82, 2.24) is 4.90 Å². The van der Waals surface area contributed by atoms with Crippen LogP contribution < -0.4 is 5.73 Å². The molecule has 0 atom stereocenters. The maximum absolute atomic E-state index is 13.1. The number of nitrogens with two attached hydrogens (primary N) is 1. The second-order valence-corrected chi connectivity index (χ2v) is 4.89. The van der Waals surface area contributed by atoms with Crippen molar-refractivity contribution < 1.29 is 4.39 Å². The highest BCUT2D eigenvalue weighted by molar-refractivity contribution is 5.41. The van der Waals surface area contributed by atoms with Crippen LogP contribution in [-0.2, 0) is 6.54 Å². The third-order valence-electron chi connectivity index (χ3n) is 3.23. The van der Waals surface area contributed by atoms with Gasteiger partial charge in [0.2, 0.25) is 0 Å². The van der Waals surface area contributed by atoms with Gasteiger partial charge in [0.25, 0.3) is 0 Å². The molecule has 3 heteroatoms. The van der Waals surface area contributed by atoms with Gasteiger partial charge >= 0.3 is 0 Å². The van der Waals surface area contributed by atoms with Crippen LogP contribution in [0.5, 0.6) is 0 Å². The molecule has 1 saturated carbocycles. The Kier molecular flexibility index (Phi) is 3.44. The normalized spacial score (nSPS) is 16.4. The number of rotatable bonds is 4. The first-order valence-corrected chi connectivity index (χ1v) is 5.87. The van der Waals surface area contributed by atoms with E-state index in [-0.39, 0.29) is 5.82 Å². The molecule has 0 aromatic heterocycles. The predicted octanol–water partition coefficient (Wildman–Crippen LogP) is 2.64. The van der Waals surface area contributed by atoms with E-state index >= 15 is 0 Å². The van der Waals surface area contributed by atoms with Gasteiger partial charge in [0, 0.05) is 18.8 Å². The Labute approximate surface area is 96.2 Å². The SMILES string of the molecule is CN(Cc1cc(N)cc(F)c1)CC1CCC1. The number of halogens is 1. The van der Waals surface area contributed by atoms with Crippen LogP contribution in [-0.4, -0.2) is 18.5 Å². The van der Waals surface area contributed by atoms with Gasteiger partial charge in [0.1, 0.15) is 5.82 Å². The average molecular weight is 222 g/mol. The Morgan fingerprint density at radius 3 is 2.69 bits per heavy atom. The number of hydrogen-bond acceptors (Lipinski definition) is 2. The summed E-state index contributed by atoms with van der Waals surface area (Å²) in [5, 5.41) is 0. The third-order valence-corrected chi connectivity index (χ3v) is 3.23. The molecule has 0 aliphatic heterocycles. The van der Waals surface area contributed by atoms with Crippen LogP contribution in [0.25, 0.3) is 0 Å². The molecule has 0 saturated heterocycles. The van der Waals surface area contributed by atoms with E-state index in [0.717, 1.165) is 24.6 Å². The van der Waals surface area contributed by atoms with Gasteiger partial charge in [-0.25, -0.2) is 4.39 Å². The zero-order chi connectivity index (χ0) is 11.5. The molecule has 0 amide bonds. The first-order chi connectivity index (χ1) is 7.63. The van der Waals surface area contributed by atoms with Crippen LogP contribution in [0.2, 0.25) is 0 Å². The van der Waals surface area contributed by atoms with Crippen molar-refractivity contribution in [3.05, 3.63) is 29.6 Å². The van der Waals surface area contributed by atoms with E-state index in [1.165, 1.54) is 25.3 Å². The van der Waals surface area contributed by atoms with E-state index in [1.807, 2.05) is 6.07 Å². The summed E-state index contributed by atoms with van der Waals surface area (Å²) in [5.41, 5.74) is 7.08. The van der Waals surface area contributed by atoms with Crippen molar-refractivity contribution in [3.63, 3.8) is 0 Å². The van der Waals surface area contributed by atoms with Crippen molar-refractivity contribution in [2.75, 3.05) is 19.3 Å². The minimum absolute atomic E-state index is 0.243. The molecule has 1 aliphatic rings. The van der Waals surface area contributed by atoms with Crippen LogP contribution >= 0.6 is 0 Å². The summed E-state index contributed by atoms with van der Waals surface area (Å²) in [6, 6.07) is 4.77. The number of nitrogens with zero attached hydrogens (tertiary/aromatic N) is 1. The lowest BCUT2D eigenvalue weighted by molar-refractivity contribution is 0.200. The molecule has 0 unspecified atom stereocenters. The molecule has 1 fully saturated rings. The third kappa shape index (κ3) is 2.95. The van der Waals surface area contributed by atoms with Crippen molar-refractivity contribution in [2.45, 2.75) is 25.8 Å². The van der Waals surface area contributed by atoms with Crippen molar-refractivity contribution in [2.24, 2.45) is 5.92 Å². The molecule has 16 heavy (non-hydrogen) atoms. The minimum atomic E-state index is -0.243. The van der Waals surface area contributed by atoms with E-state index in [1.54, 1.807) is 6.07 Å². The maximum Gasteiger partial charge on any atom is 0.125 e. The van der Waals surface area contributed by atoms with E-state index in [0.29, 0.717) is 5.69 Å². The molecule has 1 aliphatic carbocycles. The fourth-order valence-corrected chi connectivity index (χ4v) is 2.26. The maximum atomic E-state index is 13.1. The smallest absolute Gasteiger partial charge is 0.125 e. The highest BCUT2D eigenvalue weighted by atomic mass is 19.1. The Morgan fingerprint density at radius 2 is 2.12 bits per heavy atom. The highest BCUT2D eigenvalue weighted by Crippen LogP contribution is 2.27. The molecule has 2 N–H and O–H groups in total. The van der Waals surface area contributed by atoms with Crippen LogP contribution in [0.3, 0.4) is 0 Å². The number of benzene rings is 1. The van der Waals surface area contributed by atoms with Gasteiger partial charge in [0.15, 0.2) is 0 Å². The molecular formula is C13H19FN2. The predicted molar refractivity (Wildman–Crippen MR) is 64.5 cm³/mol. The van der Waals surface area contributed by atoms with E-state index in [9.17, 15) is 4.39 Å². The number of anilines is 1. The second-order valence-electron chi connectivity index (χ2n) is 4.89. The molecular weight excluding hydrogens is 203 g/mol. The Balaban J connectivity index is 1.91. The molecule has 0 spiro atoms. The summed E-state index contributed by atoms with van der Waals surface area (Å²) in [5.74, 6) is 0.600. The standard InChI is InChI=1S/C13H19FN2/c1-16(8-10-3-2-4-10)9-11-5-12(14)7-13(15)6-11/h5-7,10H,2-4,8-9,15H2,1H3. The van der Waals surface area contributed by atoms with Gasteiger partial charge in [-0.2, -0.15) is 0 Å². The zero-order valence-corrected chi connectivity index (χ0v) is 9.75. The Hall–Kier alpha value is -1.09. The summed E-state index contributed by atoms with van der Waals surface area (Å²) in [4.78, 5) is 2.25. The molecule has 2 rings (SSSR count). The average Bonchev–Trinajstić information content (AvgIpc) is 2.09. The lowest BCUT2D eigenvalue weighted by atomic mass is 9.85. The van der Waals surface area contributed by atoms with Gasteiger partial charge in [-0.1, -0.05) is 6.42 Å². The molecule has 0 radical (unpaired) electrons. The van der Waals surface area contributed by atoms with Crippen LogP contribution in [0.4, 0.5) is 10.1 Å². The van der Waals surface area contributed by atoms with Crippen molar-refractivity contribution >= 4 is 5.69 Å². The van der Waals surface area contributed by atoms with Crippen LogP contribution in [0.1, 0.15) is 24.8 Å². The summed E-state index contributed by atoms with van der Waals surface area (Å²) in [6.07, 6.45) is 4.05. The molecule has 1 aromatic rings. The Bertz CT molecular complexity index is 341. The molecule has 0 heterocycles. The monoisotopic (exact) mass is 222 g/mol. The largest absolute Gasteiger partial charge is 0.399 e. The zero-order valence-electron chi connectivity index (χ0n) is 9.75. The summed E-state index contributed by atoms with van der Waals surface area (Å²) in [6.45, 7) is 1.88. The van der Waals surface area contributed by atoms with E-state index < -0.39 is 0 Å². The summed E-state index contributed by atoms with van der Waals surface area (Å²) < 4.78 is 13.1. The molecule has 2 nitrogen and oxygen atoms in total. The number of nitrogen functional groups attached to an aromatic ring is 1. The first-order valence-electron chi connectivity index (χ1n) is 5.87. The fourth-order valence-electron chi connectivity index (χ4n) is 2.26. The molecule has 88 valence electrons.